The largest absolute Gasteiger partial charge is 0.481 e. The molecule has 0 aromatic heterocycles. The maximum absolute atomic E-state index is 11.9. The monoisotopic (exact) mass is 342 g/mol. The normalized spacial score (nSPS) is 11.8. The highest BCUT2D eigenvalue weighted by atomic mass is 79.9. The Hall–Kier alpha value is -1.56. The highest BCUT2D eigenvalue weighted by Gasteiger charge is 2.14. The number of amides is 2. The molecule has 0 aliphatic carbocycles. The van der Waals surface area contributed by atoms with Gasteiger partial charge in [0.15, 0.2) is 0 Å². The standard InChI is InChI=1S/C14H19BrN2O3/c1-10(9-11-5-3-4-6-12(11)15)16-14(20)17(2)8-7-13(18)19/h3-6,10H,7-9H2,1-2H3,(H,16,20)(H,18,19). The number of carboxylic acids is 1. The molecule has 1 unspecified atom stereocenters. The molecule has 2 amide bonds. The minimum atomic E-state index is -0.911. The van der Waals surface area contributed by atoms with Gasteiger partial charge in [-0.05, 0) is 25.0 Å². The van der Waals surface area contributed by atoms with Crippen LogP contribution >= 0.6 is 15.9 Å². The Morgan fingerprint density at radius 1 is 1.40 bits per heavy atom. The summed E-state index contributed by atoms with van der Waals surface area (Å²) in [6, 6.07) is 7.56. The van der Waals surface area contributed by atoms with Crippen molar-refractivity contribution in [2.75, 3.05) is 13.6 Å². The third kappa shape index (κ3) is 5.61. The van der Waals surface area contributed by atoms with Gasteiger partial charge in [0.25, 0.3) is 0 Å². The molecular formula is C14H19BrN2O3. The fourth-order valence-electron chi connectivity index (χ4n) is 1.73. The van der Waals surface area contributed by atoms with E-state index in [-0.39, 0.29) is 25.0 Å². The van der Waals surface area contributed by atoms with Crippen molar-refractivity contribution in [3.8, 4) is 0 Å². The zero-order chi connectivity index (χ0) is 15.1. The molecule has 2 N–H and O–H groups in total. The zero-order valence-corrected chi connectivity index (χ0v) is 13.2. The first-order valence-corrected chi connectivity index (χ1v) is 7.16. The molecule has 1 aromatic rings. The summed E-state index contributed by atoms with van der Waals surface area (Å²) in [5.41, 5.74) is 1.12. The Labute approximate surface area is 127 Å². The first kappa shape index (κ1) is 16.5. The van der Waals surface area contributed by atoms with Gasteiger partial charge in [0, 0.05) is 24.1 Å². The van der Waals surface area contributed by atoms with E-state index in [1.807, 2.05) is 31.2 Å². The fraction of sp³-hybridized carbons (Fsp3) is 0.429. The Bertz CT molecular complexity index is 479. The van der Waals surface area contributed by atoms with Gasteiger partial charge in [0.05, 0.1) is 6.42 Å². The average Bonchev–Trinajstić information content (AvgIpc) is 2.38. The number of aliphatic carboxylic acids is 1. The second kappa shape index (κ2) is 7.89. The molecule has 5 nitrogen and oxygen atoms in total. The van der Waals surface area contributed by atoms with Gasteiger partial charge in [-0.15, -0.1) is 0 Å². The van der Waals surface area contributed by atoms with Crippen LogP contribution in [0.5, 0.6) is 0 Å². The zero-order valence-electron chi connectivity index (χ0n) is 11.6. The molecular weight excluding hydrogens is 324 g/mol. The molecule has 0 spiro atoms. The van der Waals surface area contributed by atoms with Gasteiger partial charge in [-0.3, -0.25) is 4.79 Å². The molecule has 0 fully saturated rings. The number of benzene rings is 1. The molecule has 0 bridgehead atoms. The third-order valence-corrected chi connectivity index (χ3v) is 3.64. The van der Waals surface area contributed by atoms with Crippen molar-refractivity contribution in [2.24, 2.45) is 0 Å². The van der Waals surface area contributed by atoms with Crippen LogP contribution < -0.4 is 5.32 Å². The lowest BCUT2D eigenvalue weighted by atomic mass is 10.1. The summed E-state index contributed by atoms with van der Waals surface area (Å²) in [6.07, 6.45) is 0.655. The van der Waals surface area contributed by atoms with E-state index in [1.165, 1.54) is 4.90 Å². The van der Waals surface area contributed by atoms with Crippen molar-refractivity contribution < 1.29 is 14.7 Å². The molecule has 6 heteroatoms. The number of nitrogens with zero attached hydrogens (tertiary/aromatic N) is 1. The quantitative estimate of drug-likeness (QED) is 0.834. The molecule has 110 valence electrons. The summed E-state index contributed by atoms with van der Waals surface area (Å²) in [5, 5.41) is 11.4. The molecule has 1 aromatic carbocycles. The maximum Gasteiger partial charge on any atom is 0.317 e. The van der Waals surface area contributed by atoms with Crippen LogP contribution in [-0.2, 0) is 11.2 Å². The number of carbonyl (C=O) groups is 2. The molecule has 1 rings (SSSR count). The van der Waals surface area contributed by atoms with Gasteiger partial charge < -0.3 is 15.3 Å². The first-order chi connectivity index (χ1) is 9.40. The second-order valence-corrected chi connectivity index (χ2v) is 5.57. The highest BCUT2D eigenvalue weighted by molar-refractivity contribution is 9.10. The molecule has 0 aliphatic rings. The van der Waals surface area contributed by atoms with Gasteiger partial charge >= 0.3 is 12.0 Å². The van der Waals surface area contributed by atoms with Gasteiger partial charge in [-0.2, -0.15) is 0 Å². The van der Waals surface area contributed by atoms with Crippen molar-refractivity contribution >= 4 is 27.9 Å². The Kier molecular flexibility index (Phi) is 6.51. The molecule has 0 aliphatic heterocycles. The van der Waals surface area contributed by atoms with Gasteiger partial charge in [0.2, 0.25) is 0 Å². The fourth-order valence-corrected chi connectivity index (χ4v) is 2.18. The van der Waals surface area contributed by atoms with Gasteiger partial charge in [-0.25, -0.2) is 4.79 Å². The summed E-state index contributed by atoms with van der Waals surface area (Å²) < 4.78 is 1.01. The number of carbonyl (C=O) groups excluding carboxylic acids is 1. The van der Waals surface area contributed by atoms with E-state index in [4.69, 9.17) is 5.11 Å². The van der Waals surface area contributed by atoms with Crippen LogP contribution in [0.2, 0.25) is 0 Å². The summed E-state index contributed by atoms with van der Waals surface area (Å²) >= 11 is 3.47. The van der Waals surface area contributed by atoms with Crippen LogP contribution in [-0.4, -0.2) is 41.6 Å². The van der Waals surface area contributed by atoms with Crippen LogP contribution in [0.25, 0.3) is 0 Å². The average molecular weight is 343 g/mol. The molecule has 0 saturated heterocycles. The summed E-state index contributed by atoms with van der Waals surface area (Å²) in [6.45, 7) is 2.12. The lowest BCUT2D eigenvalue weighted by Gasteiger charge is -2.21. The molecule has 0 saturated carbocycles. The summed E-state index contributed by atoms with van der Waals surface area (Å²) in [7, 11) is 1.59. The number of nitrogens with one attached hydrogen (secondary N) is 1. The van der Waals surface area contributed by atoms with E-state index in [1.54, 1.807) is 7.05 Å². The SMILES string of the molecule is CC(Cc1ccccc1Br)NC(=O)N(C)CCC(=O)O. The molecule has 20 heavy (non-hydrogen) atoms. The second-order valence-electron chi connectivity index (χ2n) is 4.71. The third-order valence-electron chi connectivity index (χ3n) is 2.86. The summed E-state index contributed by atoms with van der Waals surface area (Å²) in [4.78, 5) is 23.7. The lowest BCUT2D eigenvalue weighted by Crippen LogP contribution is -2.43. The van der Waals surface area contributed by atoms with Crippen molar-refractivity contribution in [3.05, 3.63) is 34.3 Å². The maximum atomic E-state index is 11.9. The lowest BCUT2D eigenvalue weighted by molar-refractivity contribution is -0.137. The van der Waals surface area contributed by atoms with Crippen LogP contribution in [0.1, 0.15) is 18.9 Å². The van der Waals surface area contributed by atoms with Crippen LogP contribution in [0.15, 0.2) is 28.7 Å². The number of hydrogen-bond acceptors (Lipinski definition) is 2. The van der Waals surface area contributed by atoms with E-state index >= 15 is 0 Å². The Morgan fingerprint density at radius 3 is 2.65 bits per heavy atom. The Balaban J connectivity index is 2.45. The van der Waals surface area contributed by atoms with Crippen LogP contribution in [0.4, 0.5) is 4.79 Å². The first-order valence-electron chi connectivity index (χ1n) is 6.37. The number of rotatable bonds is 6. The highest BCUT2D eigenvalue weighted by Crippen LogP contribution is 2.17. The van der Waals surface area contributed by atoms with Crippen molar-refractivity contribution in [1.82, 2.24) is 10.2 Å². The van der Waals surface area contributed by atoms with E-state index in [0.29, 0.717) is 6.42 Å². The Morgan fingerprint density at radius 2 is 2.05 bits per heavy atom. The number of carboxylic acid groups (broad SMARTS) is 1. The number of urea groups is 1. The number of halogens is 1. The topological polar surface area (TPSA) is 69.6 Å². The number of hydrogen-bond donors (Lipinski definition) is 2. The van der Waals surface area contributed by atoms with E-state index in [9.17, 15) is 9.59 Å². The summed E-state index contributed by atoms with van der Waals surface area (Å²) in [5.74, 6) is -0.911. The van der Waals surface area contributed by atoms with Crippen molar-refractivity contribution in [3.63, 3.8) is 0 Å². The van der Waals surface area contributed by atoms with Crippen molar-refractivity contribution in [1.29, 1.82) is 0 Å². The van der Waals surface area contributed by atoms with Gasteiger partial charge in [-0.1, -0.05) is 34.1 Å². The molecule has 0 radical (unpaired) electrons. The van der Waals surface area contributed by atoms with Crippen LogP contribution in [0.3, 0.4) is 0 Å². The molecule has 0 heterocycles. The minimum absolute atomic E-state index is 0.0338. The van der Waals surface area contributed by atoms with E-state index in [0.717, 1.165) is 10.0 Å². The van der Waals surface area contributed by atoms with Crippen LogP contribution in [0, 0.1) is 0 Å². The predicted octanol–water partition coefficient (Wildman–Crippen LogP) is 2.50. The van der Waals surface area contributed by atoms with E-state index in [2.05, 4.69) is 21.2 Å². The predicted molar refractivity (Wildman–Crippen MR) is 80.7 cm³/mol. The van der Waals surface area contributed by atoms with Crippen molar-refractivity contribution in [2.45, 2.75) is 25.8 Å². The molecule has 1 atom stereocenters. The van der Waals surface area contributed by atoms with Gasteiger partial charge in [0.1, 0.15) is 0 Å². The minimum Gasteiger partial charge on any atom is -0.481 e. The smallest absolute Gasteiger partial charge is 0.317 e. The van der Waals surface area contributed by atoms with E-state index < -0.39 is 5.97 Å².